The molecule has 0 aromatic rings. The minimum Gasteiger partial charge on any atom is -0.479 e. The number of ether oxygens (including phenoxy) is 1. The monoisotopic (exact) mass is 261 g/mol. The molecule has 0 bridgehead atoms. The number of aliphatic hydroxyl groups is 1. The molecular formula is C12H23NO5. The molecule has 1 atom stereocenters. The van der Waals surface area contributed by atoms with Crippen molar-refractivity contribution in [3.63, 3.8) is 0 Å². The predicted molar refractivity (Wildman–Crippen MR) is 66.3 cm³/mol. The standard InChI is InChI=1S/C12H23NO5/c1-8(2)6-13(7-9(14)10(15)16)11(17)18-12(3,4)5/h8-9,14H,6-7H2,1-5H3,(H,15,16). The molecule has 1 amide bonds. The molecule has 0 aliphatic rings. The SMILES string of the molecule is CC(C)CN(CC(O)C(=O)O)C(=O)OC(C)(C)C. The van der Waals surface area contributed by atoms with Gasteiger partial charge in [0.15, 0.2) is 6.10 Å². The topological polar surface area (TPSA) is 87.1 Å². The highest BCUT2D eigenvalue weighted by atomic mass is 16.6. The van der Waals surface area contributed by atoms with Crippen molar-refractivity contribution in [1.29, 1.82) is 0 Å². The average molecular weight is 261 g/mol. The van der Waals surface area contributed by atoms with Gasteiger partial charge in [0.2, 0.25) is 0 Å². The minimum atomic E-state index is -1.60. The van der Waals surface area contributed by atoms with Gasteiger partial charge in [0.25, 0.3) is 0 Å². The molecule has 18 heavy (non-hydrogen) atoms. The van der Waals surface area contributed by atoms with E-state index in [2.05, 4.69) is 0 Å². The lowest BCUT2D eigenvalue weighted by Crippen LogP contribution is -2.44. The maximum Gasteiger partial charge on any atom is 0.410 e. The number of hydrogen-bond acceptors (Lipinski definition) is 4. The molecule has 6 heteroatoms. The van der Waals surface area contributed by atoms with Crippen LogP contribution in [0.15, 0.2) is 0 Å². The molecule has 0 saturated heterocycles. The lowest BCUT2D eigenvalue weighted by molar-refractivity contribution is -0.147. The number of aliphatic carboxylic acids is 1. The van der Waals surface area contributed by atoms with Crippen LogP contribution >= 0.6 is 0 Å². The largest absolute Gasteiger partial charge is 0.479 e. The lowest BCUT2D eigenvalue weighted by atomic mass is 10.2. The van der Waals surface area contributed by atoms with Crippen LogP contribution in [0.3, 0.4) is 0 Å². The summed E-state index contributed by atoms with van der Waals surface area (Å²) in [7, 11) is 0. The van der Waals surface area contributed by atoms with Gasteiger partial charge in [-0.15, -0.1) is 0 Å². The highest BCUT2D eigenvalue weighted by Crippen LogP contribution is 2.11. The number of carbonyl (C=O) groups excluding carboxylic acids is 1. The first kappa shape index (κ1) is 16.7. The molecule has 0 spiro atoms. The molecule has 0 heterocycles. The number of carboxylic acid groups (broad SMARTS) is 1. The van der Waals surface area contributed by atoms with Crippen molar-refractivity contribution in [2.24, 2.45) is 5.92 Å². The summed E-state index contributed by atoms with van der Waals surface area (Å²) in [6.07, 6.45) is -2.22. The first-order valence-corrected chi connectivity index (χ1v) is 5.91. The van der Waals surface area contributed by atoms with Gasteiger partial charge >= 0.3 is 12.1 Å². The van der Waals surface area contributed by atoms with Crippen molar-refractivity contribution < 1.29 is 24.5 Å². The Kier molecular flexibility index (Phi) is 6.11. The fraction of sp³-hybridized carbons (Fsp3) is 0.833. The zero-order valence-electron chi connectivity index (χ0n) is 11.6. The van der Waals surface area contributed by atoms with Crippen LogP contribution in [0.2, 0.25) is 0 Å². The van der Waals surface area contributed by atoms with Crippen molar-refractivity contribution in [2.45, 2.75) is 46.3 Å². The van der Waals surface area contributed by atoms with E-state index in [-0.39, 0.29) is 12.5 Å². The third-order valence-corrected chi connectivity index (χ3v) is 1.92. The Hall–Kier alpha value is -1.30. The summed E-state index contributed by atoms with van der Waals surface area (Å²) in [5.74, 6) is -1.20. The van der Waals surface area contributed by atoms with E-state index in [1.54, 1.807) is 20.8 Å². The maximum absolute atomic E-state index is 11.9. The van der Waals surface area contributed by atoms with Crippen LogP contribution in [0.1, 0.15) is 34.6 Å². The summed E-state index contributed by atoms with van der Waals surface area (Å²) >= 11 is 0. The maximum atomic E-state index is 11.9. The number of aliphatic hydroxyl groups excluding tert-OH is 1. The second-order valence-corrected chi connectivity index (χ2v) is 5.63. The average Bonchev–Trinajstić information content (AvgIpc) is 2.12. The van der Waals surface area contributed by atoms with Gasteiger partial charge in [-0.25, -0.2) is 9.59 Å². The van der Waals surface area contributed by atoms with E-state index in [1.165, 1.54) is 4.90 Å². The first-order chi connectivity index (χ1) is 8.03. The Bertz CT molecular complexity index is 295. The van der Waals surface area contributed by atoms with E-state index in [0.717, 1.165) is 0 Å². The number of rotatable bonds is 5. The summed E-state index contributed by atoms with van der Waals surface area (Å²) < 4.78 is 5.16. The summed E-state index contributed by atoms with van der Waals surface area (Å²) in [4.78, 5) is 23.7. The Morgan fingerprint density at radius 3 is 2.06 bits per heavy atom. The van der Waals surface area contributed by atoms with Gasteiger partial charge in [-0.3, -0.25) is 0 Å². The molecule has 106 valence electrons. The van der Waals surface area contributed by atoms with Gasteiger partial charge in [-0.1, -0.05) is 13.8 Å². The Morgan fingerprint density at radius 2 is 1.72 bits per heavy atom. The van der Waals surface area contributed by atoms with Crippen LogP contribution in [0.4, 0.5) is 4.79 Å². The zero-order chi connectivity index (χ0) is 14.5. The summed E-state index contributed by atoms with van der Waals surface area (Å²) in [6, 6.07) is 0. The summed E-state index contributed by atoms with van der Waals surface area (Å²) in [6.45, 7) is 9.03. The summed E-state index contributed by atoms with van der Waals surface area (Å²) in [5.41, 5.74) is -0.652. The minimum absolute atomic E-state index is 0.151. The van der Waals surface area contributed by atoms with E-state index in [9.17, 15) is 14.7 Å². The second-order valence-electron chi connectivity index (χ2n) is 5.63. The van der Waals surface area contributed by atoms with Gasteiger partial charge in [-0.05, 0) is 26.7 Å². The van der Waals surface area contributed by atoms with Crippen LogP contribution in [0.25, 0.3) is 0 Å². The highest BCUT2D eigenvalue weighted by Gasteiger charge is 2.26. The number of carbonyl (C=O) groups is 2. The number of hydrogen-bond donors (Lipinski definition) is 2. The van der Waals surface area contributed by atoms with Crippen molar-refractivity contribution in [3.8, 4) is 0 Å². The third kappa shape index (κ3) is 7.11. The molecule has 0 saturated carbocycles. The van der Waals surface area contributed by atoms with Crippen LogP contribution in [0, 0.1) is 5.92 Å². The van der Waals surface area contributed by atoms with Gasteiger partial charge in [0, 0.05) is 6.54 Å². The van der Waals surface area contributed by atoms with E-state index in [1.807, 2.05) is 13.8 Å². The number of nitrogens with zero attached hydrogens (tertiary/aromatic N) is 1. The van der Waals surface area contributed by atoms with Crippen molar-refractivity contribution >= 4 is 12.1 Å². The third-order valence-electron chi connectivity index (χ3n) is 1.92. The van der Waals surface area contributed by atoms with Gasteiger partial charge < -0.3 is 19.8 Å². The Morgan fingerprint density at radius 1 is 1.22 bits per heavy atom. The van der Waals surface area contributed by atoms with Crippen molar-refractivity contribution in [2.75, 3.05) is 13.1 Å². The molecule has 0 fully saturated rings. The van der Waals surface area contributed by atoms with Gasteiger partial charge in [-0.2, -0.15) is 0 Å². The van der Waals surface area contributed by atoms with Crippen LogP contribution in [0.5, 0.6) is 0 Å². The Labute approximate surface area is 108 Å². The number of carboxylic acids is 1. The van der Waals surface area contributed by atoms with E-state index < -0.39 is 23.8 Å². The molecule has 0 aliphatic carbocycles. The van der Waals surface area contributed by atoms with Gasteiger partial charge in [0.1, 0.15) is 5.60 Å². The zero-order valence-corrected chi connectivity index (χ0v) is 11.6. The molecule has 0 rings (SSSR count). The molecular weight excluding hydrogens is 238 g/mol. The fourth-order valence-corrected chi connectivity index (χ4v) is 1.28. The van der Waals surface area contributed by atoms with Crippen LogP contribution < -0.4 is 0 Å². The smallest absolute Gasteiger partial charge is 0.410 e. The molecule has 6 nitrogen and oxygen atoms in total. The highest BCUT2D eigenvalue weighted by molar-refractivity contribution is 5.74. The molecule has 0 aliphatic heterocycles. The van der Waals surface area contributed by atoms with E-state index in [4.69, 9.17) is 9.84 Å². The molecule has 0 aromatic heterocycles. The van der Waals surface area contributed by atoms with Crippen LogP contribution in [-0.2, 0) is 9.53 Å². The van der Waals surface area contributed by atoms with E-state index in [0.29, 0.717) is 6.54 Å². The molecule has 0 radical (unpaired) electrons. The Balaban J connectivity index is 4.67. The number of amides is 1. The molecule has 1 unspecified atom stereocenters. The fourth-order valence-electron chi connectivity index (χ4n) is 1.28. The lowest BCUT2D eigenvalue weighted by Gasteiger charge is -2.29. The second kappa shape index (κ2) is 6.58. The first-order valence-electron chi connectivity index (χ1n) is 5.91. The summed E-state index contributed by atoms with van der Waals surface area (Å²) in [5, 5.41) is 18.0. The molecule has 0 aromatic carbocycles. The molecule has 2 N–H and O–H groups in total. The van der Waals surface area contributed by atoms with Crippen LogP contribution in [-0.4, -0.2) is 52.0 Å². The predicted octanol–water partition coefficient (Wildman–Crippen LogP) is 1.32. The van der Waals surface area contributed by atoms with Crippen molar-refractivity contribution in [3.05, 3.63) is 0 Å². The normalized spacial score (nSPS) is 13.3. The van der Waals surface area contributed by atoms with Gasteiger partial charge in [0.05, 0.1) is 6.54 Å². The van der Waals surface area contributed by atoms with E-state index >= 15 is 0 Å². The van der Waals surface area contributed by atoms with Crippen molar-refractivity contribution in [1.82, 2.24) is 4.90 Å². The quantitative estimate of drug-likeness (QED) is 0.779.